The van der Waals surface area contributed by atoms with E-state index >= 15 is 0 Å². The zero-order chi connectivity index (χ0) is 19.1. The summed E-state index contributed by atoms with van der Waals surface area (Å²) >= 11 is 7.12. The van der Waals surface area contributed by atoms with E-state index in [0.29, 0.717) is 15.6 Å². The molecule has 26 heavy (non-hydrogen) atoms. The van der Waals surface area contributed by atoms with Gasteiger partial charge in [-0.2, -0.15) is 0 Å². The Balaban J connectivity index is 1.82. The summed E-state index contributed by atoms with van der Waals surface area (Å²) in [5.41, 5.74) is 0.407. The summed E-state index contributed by atoms with van der Waals surface area (Å²) in [5.74, 6) is -1.09. The average molecular weight is 395 g/mol. The third-order valence-corrected chi connectivity index (χ3v) is 4.53. The number of benzene rings is 2. The lowest BCUT2D eigenvalue weighted by atomic mass is 10.3. The van der Waals surface area contributed by atoms with Gasteiger partial charge in [-0.1, -0.05) is 23.7 Å². The quantitative estimate of drug-likeness (QED) is 0.331. The van der Waals surface area contributed by atoms with Crippen LogP contribution in [-0.2, 0) is 14.3 Å². The van der Waals surface area contributed by atoms with Crippen molar-refractivity contribution < 1.29 is 19.2 Å². The molecule has 0 bridgehead atoms. The zero-order valence-corrected chi connectivity index (χ0v) is 15.3. The number of halogens is 1. The number of rotatable bonds is 7. The van der Waals surface area contributed by atoms with Crippen LogP contribution in [0.4, 0.5) is 11.4 Å². The van der Waals surface area contributed by atoms with Gasteiger partial charge in [-0.3, -0.25) is 19.7 Å². The van der Waals surface area contributed by atoms with Crippen LogP contribution in [0.3, 0.4) is 0 Å². The fourth-order valence-corrected chi connectivity index (χ4v) is 2.75. The van der Waals surface area contributed by atoms with Gasteiger partial charge >= 0.3 is 5.97 Å². The highest BCUT2D eigenvalue weighted by Crippen LogP contribution is 2.22. The molecule has 2 rings (SSSR count). The van der Waals surface area contributed by atoms with Crippen LogP contribution in [-0.4, -0.2) is 28.7 Å². The molecule has 0 fully saturated rings. The lowest BCUT2D eigenvalue weighted by Gasteiger charge is -2.14. The van der Waals surface area contributed by atoms with E-state index in [-0.39, 0.29) is 11.4 Å². The van der Waals surface area contributed by atoms with E-state index in [1.807, 2.05) is 0 Å². The summed E-state index contributed by atoms with van der Waals surface area (Å²) in [6, 6.07) is 12.5. The molecule has 0 saturated carbocycles. The van der Waals surface area contributed by atoms with Crippen LogP contribution >= 0.6 is 23.4 Å². The second-order valence-corrected chi connectivity index (χ2v) is 6.60. The highest BCUT2D eigenvalue weighted by molar-refractivity contribution is 8.00. The van der Waals surface area contributed by atoms with Crippen LogP contribution < -0.4 is 5.32 Å². The number of para-hydroxylation sites is 1. The van der Waals surface area contributed by atoms with Gasteiger partial charge < -0.3 is 10.1 Å². The lowest BCUT2D eigenvalue weighted by molar-refractivity contribution is -0.384. The van der Waals surface area contributed by atoms with E-state index < -0.39 is 22.9 Å². The lowest BCUT2D eigenvalue weighted by Crippen LogP contribution is -2.30. The van der Waals surface area contributed by atoms with Crippen molar-refractivity contribution in [3.63, 3.8) is 0 Å². The van der Waals surface area contributed by atoms with Crippen molar-refractivity contribution in [2.75, 3.05) is 11.1 Å². The molecule has 136 valence electrons. The first-order chi connectivity index (χ1) is 12.4. The fourth-order valence-electron chi connectivity index (χ4n) is 1.89. The molecule has 0 saturated heterocycles. The highest BCUT2D eigenvalue weighted by atomic mass is 35.5. The first-order valence-electron chi connectivity index (χ1n) is 7.49. The molecule has 9 heteroatoms. The fraction of sp³-hybridized carbons (Fsp3) is 0.176. The van der Waals surface area contributed by atoms with Crippen molar-refractivity contribution in [1.82, 2.24) is 0 Å². The van der Waals surface area contributed by atoms with Gasteiger partial charge in [0.05, 0.1) is 21.4 Å². The van der Waals surface area contributed by atoms with Crippen LogP contribution in [0.25, 0.3) is 0 Å². The molecule has 7 nitrogen and oxygen atoms in total. The number of anilines is 1. The second-order valence-electron chi connectivity index (χ2n) is 5.14. The highest BCUT2D eigenvalue weighted by Gasteiger charge is 2.19. The molecule has 1 N–H and O–H groups in total. The van der Waals surface area contributed by atoms with Gasteiger partial charge in [-0.25, -0.2) is 0 Å². The van der Waals surface area contributed by atoms with E-state index in [1.165, 1.54) is 19.1 Å². The van der Waals surface area contributed by atoms with Crippen LogP contribution in [0, 0.1) is 10.1 Å². The minimum atomic E-state index is -0.990. The molecule has 0 heterocycles. The van der Waals surface area contributed by atoms with Gasteiger partial charge in [0, 0.05) is 17.0 Å². The number of carbonyl (C=O) groups excluding carboxylic acids is 2. The number of nitrogens with zero attached hydrogens (tertiary/aromatic N) is 1. The van der Waals surface area contributed by atoms with Crippen LogP contribution in [0.15, 0.2) is 53.4 Å². The zero-order valence-electron chi connectivity index (χ0n) is 13.7. The number of non-ortho nitro benzene ring substituents is 1. The summed E-state index contributed by atoms with van der Waals surface area (Å²) in [6.45, 7) is 1.46. The molecule has 2 aromatic carbocycles. The molecule has 0 unspecified atom stereocenters. The molecule has 1 amide bonds. The molecule has 0 aliphatic rings. The van der Waals surface area contributed by atoms with Crippen molar-refractivity contribution in [2.45, 2.75) is 17.9 Å². The molecule has 0 spiro atoms. The summed E-state index contributed by atoms with van der Waals surface area (Å²) in [4.78, 5) is 34.7. The first-order valence-corrected chi connectivity index (χ1v) is 8.85. The first kappa shape index (κ1) is 19.7. The Morgan fingerprint density at radius 3 is 2.50 bits per heavy atom. The number of hydrogen-bond donors (Lipinski definition) is 1. The Morgan fingerprint density at radius 2 is 1.88 bits per heavy atom. The number of carbonyl (C=O) groups is 2. The summed E-state index contributed by atoms with van der Waals surface area (Å²) in [6.07, 6.45) is -0.990. The number of thioether (sulfide) groups is 1. The van der Waals surface area contributed by atoms with E-state index in [1.54, 1.807) is 36.4 Å². The van der Waals surface area contributed by atoms with Crippen molar-refractivity contribution in [3.05, 3.63) is 63.7 Å². The van der Waals surface area contributed by atoms with Crippen molar-refractivity contribution in [3.8, 4) is 0 Å². The number of ether oxygens (including phenoxy) is 1. The molecule has 0 radical (unpaired) electrons. The molecular formula is C17H15ClN2O5S. The van der Waals surface area contributed by atoms with E-state index in [0.717, 1.165) is 11.8 Å². The average Bonchev–Trinajstić information content (AvgIpc) is 2.62. The molecule has 2 aromatic rings. The van der Waals surface area contributed by atoms with Gasteiger partial charge in [0.2, 0.25) is 0 Å². The third kappa shape index (κ3) is 5.75. The smallest absolute Gasteiger partial charge is 0.317 e. The number of nitro groups is 1. The maximum Gasteiger partial charge on any atom is 0.317 e. The number of nitro benzene ring substituents is 1. The largest absolute Gasteiger partial charge is 0.452 e. The summed E-state index contributed by atoms with van der Waals surface area (Å²) in [7, 11) is 0. The Morgan fingerprint density at radius 1 is 1.23 bits per heavy atom. The summed E-state index contributed by atoms with van der Waals surface area (Å²) in [5, 5.41) is 13.6. The number of nitrogens with one attached hydrogen (secondary N) is 1. The topological polar surface area (TPSA) is 98.5 Å². The van der Waals surface area contributed by atoms with Gasteiger partial charge in [-0.05, 0) is 31.2 Å². The third-order valence-electron chi connectivity index (χ3n) is 3.21. The van der Waals surface area contributed by atoms with Crippen LogP contribution in [0.2, 0.25) is 5.02 Å². The molecular weight excluding hydrogens is 380 g/mol. The van der Waals surface area contributed by atoms with E-state index in [4.69, 9.17) is 16.3 Å². The SMILES string of the molecule is C[C@@H](OC(=O)CSc1ccc([N+](=O)[O-])cc1)C(=O)Nc1ccccc1Cl. The maximum atomic E-state index is 12.1. The summed E-state index contributed by atoms with van der Waals surface area (Å²) < 4.78 is 5.08. The number of amides is 1. The Kier molecular flexibility index (Phi) is 6.99. The van der Waals surface area contributed by atoms with Crippen LogP contribution in [0.1, 0.15) is 6.92 Å². The van der Waals surface area contributed by atoms with Crippen LogP contribution in [0.5, 0.6) is 0 Å². The Bertz CT molecular complexity index is 813. The van der Waals surface area contributed by atoms with Crippen molar-refractivity contribution in [2.24, 2.45) is 0 Å². The molecule has 0 aliphatic heterocycles. The molecule has 0 aromatic heterocycles. The van der Waals surface area contributed by atoms with E-state index in [9.17, 15) is 19.7 Å². The number of esters is 1. The number of hydrogen-bond acceptors (Lipinski definition) is 6. The Hall–Kier alpha value is -2.58. The normalized spacial score (nSPS) is 11.5. The van der Waals surface area contributed by atoms with Gasteiger partial charge in [0.1, 0.15) is 0 Å². The molecule has 0 aliphatic carbocycles. The minimum absolute atomic E-state index is 0.0261. The monoisotopic (exact) mass is 394 g/mol. The predicted molar refractivity (Wildman–Crippen MR) is 99.5 cm³/mol. The second kappa shape index (κ2) is 9.21. The minimum Gasteiger partial charge on any atom is -0.452 e. The molecule has 1 atom stereocenters. The van der Waals surface area contributed by atoms with Gasteiger partial charge in [0.25, 0.3) is 11.6 Å². The van der Waals surface area contributed by atoms with Crippen molar-refractivity contribution in [1.29, 1.82) is 0 Å². The van der Waals surface area contributed by atoms with Crippen molar-refractivity contribution >= 4 is 46.6 Å². The standard InChI is InChI=1S/C17H15ClN2O5S/c1-11(17(22)19-15-5-3-2-4-14(15)18)25-16(21)10-26-13-8-6-12(7-9-13)20(23)24/h2-9,11H,10H2,1H3,(H,19,22)/t11-/m1/s1. The van der Waals surface area contributed by atoms with Gasteiger partial charge in [0.15, 0.2) is 6.10 Å². The maximum absolute atomic E-state index is 12.1. The predicted octanol–water partition coefficient (Wildman–Crippen LogP) is 3.91. The van der Waals surface area contributed by atoms with Gasteiger partial charge in [-0.15, -0.1) is 11.8 Å². The van der Waals surface area contributed by atoms with E-state index in [2.05, 4.69) is 5.32 Å². The Labute approximate surface area is 158 Å².